The Labute approximate surface area is 210 Å². The molecule has 0 aliphatic carbocycles. The summed E-state index contributed by atoms with van der Waals surface area (Å²) in [5, 5.41) is 0. The lowest BCUT2D eigenvalue weighted by molar-refractivity contribution is 0.203. The van der Waals surface area contributed by atoms with Crippen molar-refractivity contribution in [3.63, 3.8) is 0 Å². The SMILES string of the molecule is COc1ccc(C(CCN2CCC(c3ccccc3)CC2)CN(C)S(=O)(=O)c2ccccc2)cc1. The zero-order valence-corrected chi connectivity index (χ0v) is 21.5. The third-order valence-corrected chi connectivity index (χ3v) is 9.01. The molecule has 0 spiro atoms. The van der Waals surface area contributed by atoms with Gasteiger partial charge in [0.25, 0.3) is 0 Å². The highest BCUT2D eigenvalue weighted by Crippen LogP contribution is 2.30. The molecule has 4 rings (SSSR count). The van der Waals surface area contributed by atoms with E-state index in [1.807, 2.05) is 18.2 Å². The second kappa shape index (κ2) is 11.8. The van der Waals surface area contributed by atoms with Gasteiger partial charge >= 0.3 is 0 Å². The summed E-state index contributed by atoms with van der Waals surface area (Å²) in [7, 11) is -0.198. The maximum atomic E-state index is 13.2. The summed E-state index contributed by atoms with van der Waals surface area (Å²) in [5.74, 6) is 1.53. The number of nitrogens with zero attached hydrogens (tertiary/aromatic N) is 2. The molecule has 1 aliphatic heterocycles. The fraction of sp³-hybridized carbons (Fsp3) is 0.379. The molecule has 0 radical (unpaired) electrons. The van der Waals surface area contributed by atoms with E-state index >= 15 is 0 Å². The highest BCUT2D eigenvalue weighted by Gasteiger charge is 2.26. The molecule has 0 bridgehead atoms. The number of ether oxygens (including phenoxy) is 1. The average Bonchev–Trinajstić information content (AvgIpc) is 2.92. The molecule has 1 saturated heterocycles. The van der Waals surface area contributed by atoms with Crippen molar-refractivity contribution in [3.8, 4) is 5.75 Å². The van der Waals surface area contributed by atoms with Crippen molar-refractivity contribution in [2.45, 2.75) is 36.0 Å². The minimum Gasteiger partial charge on any atom is -0.497 e. The van der Waals surface area contributed by atoms with Crippen molar-refractivity contribution in [2.75, 3.05) is 40.3 Å². The van der Waals surface area contributed by atoms with Crippen molar-refractivity contribution in [3.05, 3.63) is 96.1 Å². The predicted octanol–water partition coefficient (Wildman–Crippen LogP) is 5.37. The van der Waals surface area contributed by atoms with E-state index in [-0.39, 0.29) is 5.92 Å². The molecule has 35 heavy (non-hydrogen) atoms. The van der Waals surface area contributed by atoms with Crippen LogP contribution in [-0.4, -0.2) is 58.0 Å². The van der Waals surface area contributed by atoms with Crippen LogP contribution in [0, 0.1) is 0 Å². The molecule has 1 heterocycles. The number of likely N-dealkylation sites (N-methyl/N-ethyl adjacent to an activating group) is 1. The monoisotopic (exact) mass is 492 g/mol. The van der Waals surface area contributed by atoms with Gasteiger partial charge in [-0.1, -0.05) is 60.7 Å². The van der Waals surface area contributed by atoms with Gasteiger partial charge in [0.1, 0.15) is 5.75 Å². The van der Waals surface area contributed by atoms with Crippen LogP contribution in [0.2, 0.25) is 0 Å². The Bertz CT molecular complexity index is 1140. The fourth-order valence-electron chi connectivity index (χ4n) is 4.97. The molecule has 1 unspecified atom stereocenters. The lowest BCUT2D eigenvalue weighted by atomic mass is 9.89. The molecule has 6 heteroatoms. The molecule has 3 aromatic rings. The summed E-state index contributed by atoms with van der Waals surface area (Å²) >= 11 is 0. The molecule has 0 amide bonds. The Balaban J connectivity index is 1.42. The second-order valence-corrected chi connectivity index (χ2v) is 11.4. The highest BCUT2D eigenvalue weighted by molar-refractivity contribution is 7.89. The van der Waals surface area contributed by atoms with Gasteiger partial charge in [-0.25, -0.2) is 12.7 Å². The van der Waals surface area contributed by atoms with Crippen LogP contribution in [0.25, 0.3) is 0 Å². The van der Waals surface area contributed by atoms with Gasteiger partial charge in [-0.15, -0.1) is 0 Å². The third kappa shape index (κ3) is 6.51. The molecule has 3 aromatic carbocycles. The van der Waals surface area contributed by atoms with Gasteiger partial charge in [0, 0.05) is 13.6 Å². The molecule has 0 N–H and O–H groups in total. The van der Waals surface area contributed by atoms with Gasteiger partial charge in [-0.2, -0.15) is 0 Å². The first-order valence-electron chi connectivity index (χ1n) is 12.4. The lowest BCUT2D eigenvalue weighted by Crippen LogP contribution is -2.36. The van der Waals surface area contributed by atoms with Crippen LogP contribution < -0.4 is 4.74 Å². The van der Waals surface area contributed by atoms with E-state index in [4.69, 9.17) is 4.74 Å². The van der Waals surface area contributed by atoms with E-state index in [0.717, 1.165) is 37.4 Å². The highest BCUT2D eigenvalue weighted by atomic mass is 32.2. The number of methoxy groups -OCH3 is 1. The van der Waals surface area contributed by atoms with E-state index in [0.29, 0.717) is 17.4 Å². The van der Waals surface area contributed by atoms with Crippen molar-refractivity contribution in [2.24, 2.45) is 0 Å². The van der Waals surface area contributed by atoms with Gasteiger partial charge in [-0.3, -0.25) is 0 Å². The van der Waals surface area contributed by atoms with Gasteiger partial charge in [0.2, 0.25) is 10.0 Å². The van der Waals surface area contributed by atoms with E-state index in [2.05, 4.69) is 47.4 Å². The zero-order chi connectivity index (χ0) is 24.7. The van der Waals surface area contributed by atoms with Crippen molar-refractivity contribution < 1.29 is 13.2 Å². The van der Waals surface area contributed by atoms with Gasteiger partial charge in [0.15, 0.2) is 0 Å². The molecule has 1 fully saturated rings. The molecule has 186 valence electrons. The number of rotatable bonds is 10. The largest absolute Gasteiger partial charge is 0.497 e. The number of benzene rings is 3. The molecular formula is C29H36N2O3S. The summed E-state index contributed by atoms with van der Waals surface area (Å²) in [4.78, 5) is 2.86. The summed E-state index contributed by atoms with van der Waals surface area (Å²) < 4.78 is 33.2. The Morgan fingerprint density at radius 3 is 2.11 bits per heavy atom. The van der Waals surface area contributed by atoms with Crippen LogP contribution in [0.1, 0.15) is 42.2 Å². The first-order chi connectivity index (χ1) is 17.0. The third-order valence-electron chi connectivity index (χ3n) is 7.17. The molecule has 0 aromatic heterocycles. The van der Waals surface area contributed by atoms with Crippen molar-refractivity contribution >= 4 is 10.0 Å². The van der Waals surface area contributed by atoms with E-state index in [1.54, 1.807) is 38.4 Å². The summed E-state index contributed by atoms with van der Waals surface area (Å²) in [6, 6.07) is 27.5. The molecule has 1 atom stereocenters. The normalized spacial score (nSPS) is 16.3. The van der Waals surface area contributed by atoms with Gasteiger partial charge in [0.05, 0.1) is 12.0 Å². The minimum absolute atomic E-state index is 0.0937. The number of sulfonamides is 1. The number of piperidine rings is 1. The van der Waals surface area contributed by atoms with Gasteiger partial charge in [-0.05, 0) is 86.1 Å². The summed E-state index contributed by atoms with van der Waals surface area (Å²) in [6.45, 7) is 3.54. The Morgan fingerprint density at radius 1 is 0.914 bits per heavy atom. The topological polar surface area (TPSA) is 49.9 Å². The van der Waals surface area contributed by atoms with Crippen LogP contribution in [-0.2, 0) is 10.0 Å². The van der Waals surface area contributed by atoms with Crippen LogP contribution in [0.15, 0.2) is 89.8 Å². The first-order valence-corrected chi connectivity index (χ1v) is 13.8. The fourth-order valence-corrected chi connectivity index (χ4v) is 6.21. The maximum absolute atomic E-state index is 13.2. The molecule has 5 nitrogen and oxygen atoms in total. The minimum atomic E-state index is -3.54. The average molecular weight is 493 g/mol. The summed E-state index contributed by atoms with van der Waals surface area (Å²) in [6.07, 6.45) is 3.23. The Kier molecular flexibility index (Phi) is 8.60. The van der Waals surface area contributed by atoms with Crippen molar-refractivity contribution in [1.29, 1.82) is 0 Å². The lowest BCUT2D eigenvalue weighted by Gasteiger charge is -2.33. The second-order valence-electron chi connectivity index (χ2n) is 9.38. The molecule has 0 saturated carbocycles. The van der Waals surface area contributed by atoms with E-state index in [1.165, 1.54) is 22.7 Å². The maximum Gasteiger partial charge on any atom is 0.242 e. The van der Waals surface area contributed by atoms with Crippen LogP contribution in [0.3, 0.4) is 0 Å². The van der Waals surface area contributed by atoms with Gasteiger partial charge < -0.3 is 9.64 Å². The standard InChI is InChI=1S/C29H36N2O3S/c1-30(35(32,33)29-11-7-4-8-12-29)23-27(25-13-15-28(34-2)16-14-25)19-22-31-20-17-26(18-21-31)24-9-5-3-6-10-24/h3-16,26-27H,17-23H2,1-2H3. The Hall–Kier alpha value is -2.67. The number of hydrogen-bond acceptors (Lipinski definition) is 4. The Morgan fingerprint density at radius 2 is 1.51 bits per heavy atom. The smallest absolute Gasteiger partial charge is 0.242 e. The quantitative estimate of drug-likeness (QED) is 0.382. The van der Waals surface area contributed by atoms with Crippen LogP contribution >= 0.6 is 0 Å². The van der Waals surface area contributed by atoms with Crippen molar-refractivity contribution in [1.82, 2.24) is 9.21 Å². The number of hydrogen-bond donors (Lipinski definition) is 0. The molecular weight excluding hydrogens is 456 g/mol. The molecule has 1 aliphatic rings. The summed E-state index contributed by atoms with van der Waals surface area (Å²) in [5.41, 5.74) is 2.58. The number of likely N-dealkylation sites (tertiary alicyclic amines) is 1. The van der Waals surface area contributed by atoms with Crippen LogP contribution in [0.5, 0.6) is 5.75 Å². The van der Waals surface area contributed by atoms with E-state index < -0.39 is 10.0 Å². The first kappa shape index (κ1) is 25.4. The van der Waals surface area contributed by atoms with E-state index in [9.17, 15) is 8.42 Å². The zero-order valence-electron chi connectivity index (χ0n) is 20.7. The predicted molar refractivity (Wildman–Crippen MR) is 141 cm³/mol. The van der Waals surface area contributed by atoms with Crippen LogP contribution in [0.4, 0.5) is 0 Å².